The van der Waals surface area contributed by atoms with Crippen molar-refractivity contribution < 1.29 is 0 Å². The predicted molar refractivity (Wildman–Crippen MR) is 67.1 cm³/mol. The quantitative estimate of drug-likeness (QED) is 0.682. The standard InChI is InChI=1S/C15H20/c1-4-5-6-13-8-7-12(3)14-9-11(2)10-15(13)14/h7-8,10H,4-6,9H2,1-3H3. The molecule has 0 bridgehead atoms. The zero-order valence-corrected chi connectivity index (χ0v) is 10.1. The lowest BCUT2D eigenvalue weighted by Gasteiger charge is -2.09. The number of hydrogen-bond donors (Lipinski definition) is 0. The third-order valence-electron chi connectivity index (χ3n) is 3.33. The third-order valence-corrected chi connectivity index (χ3v) is 3.33. The highest BCUT2D eigenvalue weighted by atomic mass is 14.2. The van der Waals surface area contributed by atoms with Crippen LogP contribution in [0.25, 0.3) is 6.08 Å². The van der Waals surface area contributed by atoms with Crippen LogP contribution >= 0.6 is 0 Å². The molecule has 1 aliphatic carbocycles. The van der Waals surface area contributed by atoms with Crippen LogP contribution in [0.4, 0.5) is 0 Å². The summed E-state index contributed by atoms with van der Waals surface area (Å²) in [5.74, 6) is 0. The zero-order chi connectivity index (χ0) is 10.8. The second-order valence-electron chi connectivity index (χ2n) is 4.70. The largest absolute Gasteiger partial charge is 0.0683 e. The highest BCUT2D eigenvalue weighted by molar-refractivity contribution is 5.68. The highest BCUT2D eigenvalue weighted by Gasteiger charge is 2.14. The van der Waals surface area contributed by atoms with Gasteiger partial charge in [-0.3, -0.25) is 0 Å². The fraction of sp³-hybridized carbons (Fsp3) is 0.467. The third kappa shape index (κ3) is 1.99. The molecule has 0 fully saturated rings. The second-order valence-corrected chi connectivity index (χ2v) is 4.70. The number of hydrogen-bond acceptors (Lipinski definition) is 0. The van der Waals surface area contributed by atoms with E-state index in [1.165, 1.54) is 42.4 Å². The number of allylic oxidation sites excluding steroid dienone is 1. The Balaban J connectivity index is 2.36. The minimum Gasteiger partial charge on any atom is -0.0683 e. The number of benzene rings is 1. The van der Waals surface area contributed by atoms with Gasteiger partial charge in [0.1, 0.15) is 0 Å². The molecule has 0 atom stereocenters. The van der Waals surface area contributed by atoms with E-state index < -0.39 is 0 Å². The van der Waals surface area contributed by atoms with E-state index in [1.807, 2.05) is 0 Å². The molecule has 0 radical (unpaired) electrons. The van der Waals surface area contributed by atoms with E-state index in [1.54, 1.807) is 11.1 Å². The van der Waals surface area contributed by atoms with Gasteiger partial charge in [-0.2, -0.15) is 0 Å². The molecule has 1 aromatic rings. The van der Waals surface area contributed by atoms with Crippen molar-refractivity contribution in [2.45, 2.75) is 46.5 Å². The Labute approximate surface area is 93.0 Å². The second kappa shape index (κ2) is 4.22. The van der Waals surface area contributed by atoms with Crippen molar-refractivity contribution in [2.24, 2.45) is 0 Å². The van der Waals surface area contributed by atoms with Gasteiger partial charge in [0.2, 0.25) is 0 Å². The Hall–Kier alpha value is -1.04. The van der Waals surface area contributed by atoms with E-state index >= 15 is 0 Å². The van der Waals surface area contributed by atoms with Gasteiger partial charge in [-0.15, -0.1) is 0 Å². The summed E-state index contributed by atoms with van der Waals surface area (Å²) < 4.78 is 0. The van der Waals surface area contributed by atoms with Gasteiger partial charge in [-0.05, 0) is 55.4 Å². The topological polar surface area (TPSA) is 0 Å². The van der Waals surface area contributed by atoms with Crippen molar-refractivity contribution in [3.8, 4) is 0 Å². The molecule has 80 valence electrons. The van der Waals surface area contributed by atoms with Gasteiger partial charge in [0.05, 0.1) is 0 Å². The van der Waals surface area contributed by atoms with E-state index in [0.717, 1.165) is 0 Å². The lowest BCUT2D eigenvalue weighted by atomic mass is 9.95. The van der Waals surface area contributed by atoms with E-state index in [4.69, 9.17) is 0 Å². The molecule has 0 nitrogen and oxygen atoms in total. The van der Waals surface area contributed by atoms with Crippen molar-refractivity contribution in [1.29, 1.82) is 0 Å². The SMILES string of the molecule is CCCCc1ccc(C)c2c1C=C(C)C2. The number of aryl methyl sites for hydroxylation is 2. The summed E-state index contributed by atoms with van der Waals surface area (Å²) in [7, 11) is 0. The van der Waals surface area contributed by atoms with Crippen molar-refractivity contribution in [1.82, 2.24) is 0 Å². The van der Waals surface area contributed by atoms with Crippen molar-refractivity contribution >= 4 is 6.08 Å². The monoisotopic (exact) mass is 200 g/mol. The van der Waals surface area contributed by atoms with Crippen LogP contribution in [0.2, 0.25) is 0 Å². The average molecular weight is 200 g/mol. The molecule has 15 heavy (non-hydrogen) atoms. The van der Waals surface area contributed by atoms with Gasteiger partial charge in [0, 0.05) is 0 Å². The summed E-state index contributed by atoms with van der Waals surface area (Å²) in [6.45, 7) is 6.73. The minimum absolute atomic E-state index is 1.17. The van der Waals surface area contributed by atoms with Crippen molar-refractivity contribution in [2.75, 3.05) is 0 Å². The Bertz CT molecular complexity index is 397. The Kier molecular flexibility index (Phi) is 2.95. The Morgan fingerprint density at radius 1 is 1.20 bits per heavy atom. The summed E-state index contributed by atoms with van der Waals surface area (Å²) in [4.78, 5) is 0. The van der Waals surface area contributed by atoms with Crippen LogP contribution in [0.3, 0.4) is 0 Å². The van der Waals surface area contributed by atoms with Gasteiger partial charge in [-0.1, -0.05) is 37.1 Å². The molecule has 0 saturated carbocycles. The van der Waals surface area contributed by atoms with Gasteiger partial charge in [0.15, 0.2) is 0 Å². The summed E-state index contributed by atoms with van der Waals surface area (Å²) in [6, 6.07) is 4.61. The lowest BCUT2D eigenvalue weighted by molar-refractivity contribution is 0.793. The van der Waals surface area contributed by atoms with Crippen LogP contribution in [-0.4, -0.2) is 0 Å². The maximum absolute atomic E-state index is 2.38. The number of rotatable bonds is 3. The number of fused-ring (bicyclic) bond motifs is 1. The van der Waals surface area contributed by atoms with Crippen LogP contribution in [0.15, 0.2) is 17.7 Å². The van der Waals surface area contributed by atoms with Crippen LogP contribution in [0.1, 0.15) is 48.9 Å². The molecule has 0 unspecified atom stereocenters. The zero-order valence-electron chi connectivity index (χ0n) is 10.1. The minimum atomic E-state index is 1.17. The smallest absolute Gasteiger partial charge is 0.00579 e. The molecule has 0 spiro atoms. The van der Waals surface area contributed by atoms with E-state index in [0.29, 0.717) is 0 Å². The first-order valence-corrected chi connectivity index (χ1v) is 6.01. The maximum atomic E-state index is 2.38. The molecule has 2 rings (SSSR count). The normalized spacial score (nSPS) is 13.9. The van der Waals surface area contributed by atoms with Gasteiger partial charge < -0.3 is 0 Å². The molecule has 0 heteroatoms. The summed E-state index contributed by atoms with van der Waals surface area (Å²) in [5, 5.41) is 0. The molecule has 0 aliphatic heterocycles. The Morgan fingerprint density at radius 2 is 2.00 bits per heavy atom. The first kappa shape index (κ1) is 10.5. The summed E-state index contributed by atoms with van der Waals surface area (Å²) in [6.07, 6.45) is 7.38. The first-order valence-electron chi connectivity index (χ1n) is 6.01. The molecule has 0 amide bonds. The van der Waals surface area contributed by atoms with E-state index in [2.05, 4.69) is 39.0 Å². The fourth-order valence-corrected chi connectivity index (χ4v) is 2.40. The summed E-state index contributed by atoms with van der Waals surface area (Å²) in [5.41, 5.74) is 7.62. The van der Waals surface area contributed by atoms with E-state index in [-0.39, 0.29) is 0 Å². The van der Waals surface area contributed by atoms with Crippen LogP contribution in [0.5, 0.6) is 0 Å². The first-order chi connectivity index (χ1) is 7.22. The molecule has 0 N–H and O–H groups in total. The predicted octanol–water partition coefficient (Wildman–Crippen LogP) is 4.30. The van der Waals surface area contributed by atoms with Crippen LogP contribution < -0.4 is 0 Å². The van der Waals surface area contributed by atoms with Gasteiger partial charge in [-0.25, -0.2) is 0 Å². The molecule has 1 aliphatic rings. The molecular weight excluding hydrogens is 180 g/mol. The average Bonchev–Trinajstić information content (AvgIpc) is 2.60. The summed E-state index contributed by atoms with van der Waals surface area (Å²) >= 11 is 0. The van der Waals surface area contributed by atoms with Crippen LogP contribution in [0, 0.1) is 6.92 Å². The molecule has 0 heterocycles. The van der Waals surface area contributed by atoms with Crippen molar-refractivity contribution in [3.63, 3.8) is 0 Å². The number of unbranched alkanes of at least 4 members (excludes halogenated alkanes) is 1. The lowest BCUT2D eigenvalue weighted by Crippen LogP contribution is -1.95. The van der Waals surface area contributed by atoms with Crippen molar-refractivity contribution in [3.05, 3.63) is 40.0 Å². The Morgan fingerprint density at radius 3 is 2.73 bits per heavy atom. The molecular formula is C15H20. The molecule has 1 aromatic carbocycles. The van der Waals surface area contributed by atoms with Gasteiger partial charge in [0.25, 0.3) is 0 Å². The molecule has 0 saturated heterocycles. The fourth-order valence-electron chi connectivity index (χ4n) is 2.40. The maximum Gasteiger partial charge on any atom is -0.00579 e. The van der Waals surface area contributed by atoms with Gasteiger partial charge >= 0.3 is 0 Å². The van der Waals surface area contributed by atoms with Crippen LogP contribution in [-0.2, 0) is 12.8 Å². The van der Waals surface area contributed by atoms with E-state index in [9.17, 15) is 0 Å². The molecule has 0 aromatic heterocycles. The highest BCUT2D eigenvalue weighted by Crippen LogP contribution is 2.31.